The van der Waals surface area contributed by atoms with Gasteiger partial charge >= 0.3 is 0 Å². The van der Waals surface area contributed by atoms with Crippen molar-refractivity contribution in [2.75, 3.05) is 39.8 Å². The van der Waals surface area contributed by atoms with Gasteiger partial charge < -0.3 is 14.5 Å². The molecule has 0 N–H and O–H groups in total. The van der Waals surface area contributed by atoms with Gasteiger partial charge in [0.2, 0.25) is 5.91 Å². The fourth-order valence-corrected chi connectivity index (χ4v) is 3.33. The smallest absolute Gasteiger partial charge is 0.233 e. The normalized spacial score (nSPS) is 21.1. The number of likely N-dealkylation sites (N-methyl/N-ethyl adjacent to an activating group) is 1. The predicted molar refractivity (Wildman–Crippen MR) is 82.6 cm³/mol. The van der Waals surface area contributed by atoms with Crippen LogP contribution in [0.25, 0.3) is 0 Å². The van der Waals surface area contributed by atoms with E-state index >= 15 is 0 Å². The Morgan fingerprint density at radius 1 is 1.19 bits per heavy atom. The second-order valence-corrected chi connectivity index (χ2v) is 6.01. The average molecular weight is 288 g/mol. The van der Waals surface area contributed by atoms with Gasteiger partial charge in [-0.25, -0.2) is 0 Å². The topological polar surface area (TPSA) is 32.8 Å². The first-order valence-corrected chi connectivity index (χ1v) is 7.86. The molecule has 1 amide bonds. The Morgan fingerprint density at radius 2 is 1.86 bits per heavy atom. The van der Waals surface area contributed by atoms with E-state index in [9.17, 15) is 4.79 Å². The molecule has 1 aliphatic carbocycles. The van der Waals surface area contributed by atoms with Crippen LogP contribution in [0.2, 0.25) is 0 Å². The Bertz CT molecular complexity index is 517. The second kappa shape index (κ2) is 5.68. The number of carbonyl (C=O) groups excluding carboxylic acids is 1. The van der Waals surface area contributed by atoms with Crippen molar-refractivity contribution in [2.45, 2.75) is 25.2 Å². The summed E-state index contributed by atoms with van der Waals surface area (Å²) in [6.07, 6.45) is 1.89. The van der Waals surface area contributed by atoms with Crippen LogP contribution in [0, 0.1) is 0 Å². The van der Waals surface area contributed by atoms with Gasteiger partial charge in [-0.3, -0.25) is 4.79 Å². The lowest BCUT2D eigenvalue weighted by atomic mass is 9.93. The number of carbonyl (C=O) groups is 1. The van der Waals surface area contributed by atoms with Gasteiger partial charge in [0, 0.05) is 31.7 Å². The van der Waals surface area contributed by atoms with Crippen molar-refractivity contribution in [1.82, 2.24) is 9.80 Å². The van der Waals surface area contributed by atoms with Crippen LogP contribution in [0.5, 0.6) is 5.75 Å². The fourth-order valence-electron chi connectivity index (χ4n) is 3.33. The minimum absolute atomic E-state index is 0.294. The number of benzene rings is 1. The van der Waals surface area contributed by atoms with Crippen molar-refractivity contribution < 1.29 is 9.53 Å². The number of piperazine rings is 1. The van der Waals surface area contributed by atoms with Gasteiger partial charge in [-0.2, -0.15) is 0 Å². The molecule has 0 radical (unpaired) electrons. The Morgan fingerprint density at radius 3 is 2.43 bits per heavy atom. The third-order valence-electron chi connectivity index (χ3n) is 4.89. The highest BCUT2D eigenvalue weighted by Crippen LogP contribution is 2.52. The number of hydrogen-bond acceptors (Lipinski definition) is 3. The molecule has 1 aromatic rings. The average Bonchev–Trinajstić information content (AvgIpc) is 3.36. The van der Waals surface area contributed by atoms with E-state index < -0.39 is 0 Å². The van der Waals surface area contributed by atoms with Crippen molar-refractivity contribution in [2.24, 2.45) is 0 Å². The molecule has 1 aliphatic heterocycles. The summed E-state index contributed by atoms with van der Waals surface area (Å²) in [6, 6.07) is 7.97. The van der Waals surface area contributed by atoms with E-state index in [4.69, 9.17) is 4.74 Å². The molecule has 0 aromatic heterocycles. The van der Waals surface area contributed by atoms with Crippen LogP contribution in [-0.4, -0.2) is 55.5 Å². The first-order valence-electron chi connectivity index (χ1n) is 7.86. The van der Waals surface area contributed by atoms with Gasteiger partial charge in [0.15, 0.2) is 0 Å². The highest BCUT2D eigenvalue weighted by molar-refractivity contribution is 5.92. The molecular weight excluding hydrogens is 264 g/mol. The number of nitrogens with zero attached hydrogens (tertiary/aromatic N) is 2. The van der Waals surface area contributed by atoms with Gasteiger partial charge in [-0.15, -0.1) is 0 Å². The largest absolute Gasteiger partial charge is 0.496 e. The monoisotopic (exact) mass is 288 g/mol. The Hall–Kier alpha value is -1.55. The number of methoxy groups -OCH3 is 1. The van der Waals surface area contributed by atoms with E-state index in [-0.39, 0.29) is 5.41 Å². The quantitative estimate of drug-likeness (QED) is 0.848. The summed E-state index contributed by atoms with van der Waals surface area (Å²) in [6.45, 7) is 6.93. The summed E-state index contributed by atoms with van der Waals surface area (Å²) >= 11 is 0. The lowest BCUT2D eigenvalue weighted by molar-refractivity contribution is -0.135. The van der Waals surface area contributed by atoms with E-state index in [2.05, 4.69) is 11.8 Å². The summed E-state index contributed by atoms with van der Waals surface area (Å²) in [4.78, 5) is 17.4. The molecule has 114 valence electrons. The van der Waals surface area contributed by atoms with E-state index in [0.29, 0.717) is 5.91 Å². The van der Waals surface area contributed by atoms with Gasteiger partial charge in [0.1, 0.15) is 5.75 Å². The van der Waals surface area contributed by atoms with Crippen molar-refractivity contribution >= 4 is 5.91 Å². The number of hydrogen-bond donors (Lipinski definition) is 0. The molecule has 2 aliphatic rings. The van der Waals surface area contributed by atoms with Crippen LogP contribution in [0.15, 0.2) is 24.3 Å². The standard InChI is InChI=1S/C17H24N2O2/c1-3-18-10-12-19(13-11-18)16(20)17(8-9-17)14-6-4-5-7-15(14)21-2/h4-7H,3,8-13H2,1-2H3. The van der Waals surface area contributed by atoms with Crippen LogP contribution < -0.4 is 4.74 Å². The zero-order valence-electron chi connectivity index (χ0n) is 13.0. The van der Waals surface area contributed by atoms with E-state index in [1.165, 1.54) is 0 Å². The second-order valence-electron chi connectivity index (χ2n) is 6.01. The highest BCUT2D eigenvalue weighted by Gasteiger charge is 2.54. The number of amides is 1. The SMILES string of the molecule is CCN1CCN(C(=O)C2(c3ccccc3OC)CC2)CC1. The summed E-state index contributed by atoms with van der Waals surface area (Å²) in [5.74, 6) is 1.14. The molecule has 3 rings (SSSR count). The molecule has 1 aromatic carbocycles. The molecule has 0 spiro atoms. The lowest BCUT2D eigenvalue weighted by Gasteiger charge is -2.36. The predicted octanol–water partition coefficient (Wildman–Crippen LogP) is 1.89. The summed E-state index contributed by atoms with van der Waals surface area (Å²) in [5.41, 5.74) is 0.747. The molecule has 1 saturated heterocycles. The first kappa shape index (κ1) is 14.4. The number of rotatable bonds is 4. The summed E-state index contributed by atoms with van der Waals surface area (Å²) in [7, 11) is 1.68. The third kappa shape index (κ3) is 2.53. The maximum Gasteiger partial charge on any atom is 0.233 e. The van der Waals surface area contributed by atoms with E-state index in [1.807, 2.05) is 29.2 Å². The first-order chi connectivity index (χ1) is 10.2. The fraction of sp³-hybridized carbons (Fsp3) is 0.588. The zero-order valence-corrected chi connectivity index (χ0v) is 13.0. The molecule has 1 heterocycles. The van der Waals surface area contributed by atoms with Gasteiger partial charge in [-0.1, -0.05) is 25.1 Å². The Labute approximate surface area is 126 Å². The van der Waals surface area contributed by atoms with Crippen molar-refractivity contribution in [1.29, 1.82) is 0 Å². The number of para-hydroxylation sites is 1. The molecular formula is C17H24N2O2. The molecule has 1 saturated carbocycles. The minimum atomic E-state index is -0.318. The van der Waals surface area contributed by atoms with Gasteiger partial charge in [-0.05, 0) is 25.5 Å². The molecule has 21 heavy (non-hydrogen) atoms. The highest BCUT2D eigenvalue weighted by atomic mass is 16.5. The van der Waals surface area contributed by atoms with Crippen LogP contribution in [0.1, 0.15) is 25.3 Å². The molecule has 0 unspecified atom stereocenters. The Kier molecular flexibility index (Phi) is 3.89. The van der Waals surface area contributed by atoms with Crippen molar-refractivity contribution in [3.8, 4) is 5.75 Å². The Balaban J connectivity index is 1.78. The maximum atomic E-state index is 13.0. The van der Waals surface area contributed by atoms with Crippen LogP contribution in [0.3, 0.4) is 0 Å². The summed E-state index contributed by atoms with van der Waals surface area (Å²) < 4.78 is 5.46. The molecule has 0 bridgehead atoms. The van der Waals surface area contributed by atoms with Gasteiger partial charge in [0.05, 0.1) is 12.5 Å². The minimum Gasteiger partial charge on any atom is -0.496 e. The van der Waals surface area contributed by atoms with E-state index in [0.717, 1.165) is 56.9 Å². The molecule has 2 fully saturated rings. The van der Waals surface area contributed by atoms with E-state index in [1.54, 1.807) is 7.11 Å². The van der Waals surface area contributed by atoms with Crippen molar-refractivity contribution in [3.63, 3.8) is 0 Å². The van der Waals surface area contributed by atoms with Crippen LogP contribution in [0.4, 0.5) is 0 Å². The van der Waals surface area contributed by atoms with Crippen molar-refractivity contribution in [3.05, 3.63) is 29.8 Å². The zero-order chi connectivity index (χ0) is 14.9. The molecule has 4 heteroatoms. The summed E-state index contributed by atoms with van der Waals surface area (Å²) in [5, 5.41) is 0. The molecule has 0 atom stereocenters. The maximum absolute atomic E-state index is 13.0. The number of ether oxygens (including phenoxy) is 1. The van der Waals surface area contributed by atoms with Crippen LogP contribution in [-0.2, 0) is 10.2 Å². The van der Waals surface area contributed by atoms with Gasteiger partial charge in [0.25, 0.3) is 0 Å². The lowest BCUT2D eigenvalue weighted by Crippen LogP contribution is -2.51. The van der Waals surface area contributed by atoms with Crippen LogP contribution >= 0.6 is 0 Å². The molecule has 4 nitrogen and oxygen atoms in total. The third-order valence-corrected chi connectivity index (χ3v) is 4.89.